The molecule has 24 heavy (non-hydrogen) atoms. The normalized spacial score (nSPS) is 16.6. The third-order valence-electron chi connectivity index (χ3n) is 4.04. The molecule has 0 aliphatic carbocycles. The fourth-order valence-corrected chi connectivity index (χ4v) is 2.92. The van der Waals surface area contributed by atoms with Crippen molar-refractivity contribution in [3.63, 3.8) is 0 Å². The number of hydrogen-bond donors (Lipinski definition) is 1. The second-order valence-corrected chi connectivity index (χ2v) is 5.88. The number of ether oxygens (including phenoxy) is 2. The molecule has 0 aromatic heterocycles. The topological polar surface area (TPSA) is 47.6 Å². The Balaban J connectivity index is 0.00000208. The van der Waals surface area contributed by atoms with E-state index in [4.69, 9.17) is 9.47 Å². The first kappa shape index (κ1) is 18.1. The van der Waals surface area contributed by atoms with Crippen LogP contribution in [0.25, 0.3) is 0 Å². The van der Waals surface area contributed by atoms with Gasteiger partial charge in [-0.15, -0.1) is 12.4 Å². The van der Waals surface area contributed by atoms with E-state index < -0.39 is 0 Å². The van der Waals surface area contributed by atoms with E-state index in [1.807, 2.05) is 32.0 Å². The van der Waals surface area contributed by atoms with Crippen molar-refractivity contribution in [2.75, 3.05) is 6.61 Å². The fourth-order valence-electron chi connectivity index (χ4n) is 2.92. The summed E-state index contributed by atoms with van der Waals surface area (Å²) in [5.41, 5.74) is 4.41. The Morgan fingerprint density at radius 1 is 1.17 bits per heavy atom. The maximum atomic E-state index is 11.4. The van der Waals surface area contributed by atoms with Gasteiger partial charge in [0.2, 0.25) is 0 Å². The molecule has 1 aliphatic rings. The van der Waals surface area contributed by atoms with Gasteiger partial charge in [0.15, 0.2) is 0 Å². The molecule has 1 amide bonds. The molecule has 128 valence electrons. The summed E-state index contributed by atoms with van der Waals surface area (Å²) in [6.45, 7) is 5.09. The van der Waals surface area contributed by atoms with E-state index >= 15 is 0 Å². The lowest BCUT2D eigenvalue weighted by Gasteiger charge is -2.25. The third-order valence-corrected chi connectivity index (χ3v) is 4.04. The number of benzene rings is 2. The average Bonchev–Trinajstić information content (AvgIpc) is 2.55. The maximum Gasteiger partial charge on any atom is 0.407 e. The molecule has 1 atom stereocenters. The Bertz CT molecular complexity index is 680. The lowest BCUT2D eigenvalue weighted by Crippen LogP contribution is -2.35. The van der Waals surface area contributed by atoms with E-state index in [0.717, 1.165) is 34.4 Å². The van der Waals surface area contributed by atoms with E-state index in [1.165, 1.54) is 0 Å². The van der Waals surface area contributed by atoms with Crippen molar-refractivity contribution < 1.29 is 14.3 Å². The summed E-state index contributed by atoms with van der Waals surface area (Å²) in [4.78, 5) is 11.4. The number of amides is 1. The molecule has 1 aliphatic heterocycles. The first-order valence-electron chi connectivity index (χ1n) is 7.84. The summed E-state index contributed by atoms with van der Waals surface area (Å²) >= 11 is 0. The van der Waals surface area contributed by atoms with Crippen molar-refractivity contribution in [3.05, 3.63) is 64.7 Å². The number of rotatable bonds is 4. The Morgan fingerprint density at radius 2 is 1.83 bits per heavy atom. The number of aryl methyl sites for hydroxylation is 2. The van der Waals surface area contributed by atoms with Crippen molar-refractivity contribution in [1.82, 2.24) is 5.32 Å². The van der Waals surface area contributed by atoms with Crippen LogP contribution in [0.15, 0.2) is 42.5 Å². The van der Waals surface area contributed by atoms with Crippen LogP contribution < -0.4 is 10.1 Å². The molecule has 2 aromatic rings. The highest BCUT2D eigenvalue weighted by Gasteiger charge is 2.22. The van der Waals surface area contributed by atoms with Gasteiger partial charge in [0.1, 0.15) is 12.4 Å². The third kappa shape index (κ3) is 4.20. The summed E-state index contributed by atoms with van der Waals surface area (Å²) < 4.78 is 10.9. The van der Waals surface area contributed by atoms with Crippen molar-refractivity contribution in [1.29, 1.82) is 0 Å². The number of carbonyl (C=O) groups is 1. The van der Waals surface area contributed by atoms with Crippen LogP contribution in [0.2, 0.25) is 0 Å². The van der Waals surface area contributed by atoms with Gasteiger partial charge in [0.05, 0.1) is 12.6 Å². The number of alkyl carbamates (subject to hydrolysis) is 1. The second-order valence-electron chi connectivity index (χ2n) is 5.88. The number of carbonyl (C=O) groups excluding carboxylic acids is 1. The summed E-state index contributed by atoms with van der Waals surface area (Å²) in [5, 5.41) is 2.86. The van der Waals surface area contributed by atoms with Gasteiger partial charge in [-0.05, 0) is 36.1 Å². The standard InChI is InChI=1S/C19H21NO3.ClH/c1-13-10-16(17-8-9-22-19(21)20-17)11-14(2)18(13)23-12-15-6-4-3-5-7-15;/h3-7,10-11,17H,8-9,12H2,1-2H3,(H,20,21);1H/t17-;/m1./s1. The van der Waals surface area contributed by atoms with Crippen LogP contribution >= 0.6 is 12.4 Å². The van der Waals surface area contributed by atoms with Gasteiger partial charge in [-0.2, -0.15) is 0 Å². The highest BCUT2D eigenvalue weighted by atomic mass is 35.5. The minimum Gasteiger partial charge on any atom is -0.488 e. The predicted molar refractivity (Wildman–Crippen MR) is 95.8 cm³/mol. The molecular weight excluding hydrogens is 326 g/mol. The molecular formula is C19H22ClNO3. The predicted octanol–water partition coefficient (Wildman–Crippen LogP) is 4.48. The molecule has 4 nitrogen and oxygen atoms in total. The smallest absolute Gasteiger partial charge is 0.407 e. The van der Waals surface area contributed by atoms with E-state index in [1.54, 1.807) is 0 Å². The minimum absolute atomic E-state index is 0. The molecule has 1 saturated heterocycles. The Hall–Kier alpha value is -2.20. The minimum atomic E-state index is -0.346. The van der Waals surface area contributed by atoms with Crippen LogP contribution in [0.5, 0.6) is 5.75 Å². The zero-order valence-corrected chi connectivity index (χ0v) is 14.7. The molecule has 3 rings (SSSR count). The van der Waals surface area contributed by atoms with Gasteiger partial charge < -0.3 is 14.8 Å². The molecule has 1 heterocycles. The molecule has 2 aromatic carbocycles. The fraction of sp³-hybridized carbons (Fsp3) is 0.316. The lowest BCUT2D eigenvalue weighted by atomic mass is 9.98. The van der Waals surface area contributed by atoms with Crippen LogP contribution in [-0.4, -0.2) is 12.7 Å². The van der Waals surface area contributed by atoms with Crippen LogP contribution in [0.1, 0.15) is 34.7 Å². The first-order chi connectivity index (χ1) is 11.1. The maximum absolute atomic E-state index is 11.4. The van der Waals surface area contributed by atoms with E-state index in [-0.39, 0.29) is 24.5 Å². The Labute approximate surface area is 148 Å². The zero-order valence-electron chi connectivity index (χ0n) is 13.9. The van der Waals surface area contributed by atoms with Gasteiger partial charge in [-0.1, -0.05) is 42.5 Å². The highest BCUT2D eigenvalue weighted by molar-refractivity contribution is 5.85. The first-order valence-corrected chi connectivity index (χ1v) is 7.84. The van der Waals surface area contributed by atoms with Gasteiger partial charge in [0.25, 0.3) is 0 Å². The van der Waals surface area contributed by atoms with E-state index in [0.29, 0.717) is 13.2 Å². The van der Waals surface area contributed by atoms with Gasteiger partial charge in [-0.3, -0.25) is 0 Å². The largest absolute Gasteiger partial charge is 0.488 e. The van der Waals surface area contributed by atoms with Crippen molar-refractivity contribution in [2.45, 2.75) is 32.9 Å². The van der Waals surface area contributed by atoms with Crippen molar-refractivity contribution >= 4 is 18.5 Å². The summed E-state index contributed by atoms with van der Waals surface area (Å²) in [7, 11) is 0. The molecule has 0 bridgehead atoms. The van der Waals surface area contributed by atoms with Gasteiger partial charge >= 0.3 is 6.09 Å². The SMILES string of the molecule is Cc1cc([C@H]2CCOC(=O)N2)cc(C)c1OCc1ccccc1.Cl. The van der Waals surface area contributed by atoms with Crippen LogP contribution in [0.4, 0.5) is 4.79 Å². The number of halogens is 1. The molecule has 0 radical (unpaired) electrons. The average molecular weight is 348 g/mol. The molecule has 1 N–H and O–H groups in total. The van der Waals surface area contributed by atoms with Crippen molar-refractivity contribution in [3.8, 4) is 5.75 Å². The summed E-state index contributed by atoms with van der Waals surface area (Å²) in [5.74, 6) is 0.913. The monoisotopic (exact) mass is 347 g/mol. The van der Waals surface area contributed by atoms with Crippen LogP contribution in [-0.2, 0) is 11.3 Å². The van der Waals surface area contributed by atoms with Crippen LogP contribution in [0.3, 0.4) is 0 Å². The molecule has 5 heteroatoms. The lowest BCUT2D eigenvalue weighted by molar-refractivity contribution is 0.115. The molecule has 0 unspecified atom stereocenters. The number of cyclic esters (lactones) is 1. The number of nitrogens with one attached hydrogen (secondary N) is 1. The van der Waals surface area contributed by atoms with Gasteiger partial charge in [-0.25, -0.2) is 4.79 Å². The zero-order chi connectivity index (χ0) is 16.2. The summed E-state index contributed by atoms with van der Waals surface area (Å²) in [6, 6.07) is 14.3. The molecule has 1 fully saturated rings. The molecule has 0 saturated carbocycles. The van der Waals surface area contributed by atoms with E-state index in [2.05, 4.69) is 29.6 Å². The summed E-state index contributed by atoms with van der Waals surface area (Å²) in [6.07, 6.45) is 0.440. The quantitative estimate of drug-likeness (QED) is 0.887. The van der Waals surface area contributed by atoms with Crippen LogP contribution in [0, 0.1) is 13.8 Å². The molecule has 0 spiro atoms. The highest BCUT2D eigenvalue weighted by Crippen LogP contribution is 2.30. The number of hydrogen-bond acceptors (Lipinski definition) is 3. The van der Waals surface area contributed by atoms with Gasteiger partial charge in [0, 0.05) is 6.42 Å². The Kier molecular flexibility index (Phi) is 6.10. The van der Waals surface area contributed by atoms with Crippen molar-refractivity contribution in [2.24, 2.45) is 0 Å². The Morgan fingerprint density at radius 3 is 2.46 bits per heavy atom. The van der Waals surface area contributed by atoms with E-state index in [9.17, 15) is 4.79 Å². The second kappa shape index (κ2) is 8.06.